The summed E-state index contributed by atoms with van der Waals surface area (Å²) in [5, 5.41) is 0.767. The summed E-state index contributed by atoms with van der Waals surface area (Å²) >= 11 is 0. The molecule has 0 radical (unpaired) electrons. The van der Waals surface area contributed by atoms with Crippen molar-refractivity contribution < 1.29 is 8.42 Å². The predicted molar refractivity (Wildman–Crippen MR) is 97.4 cm³/mol. The van der Waals surface area contributed by atoms with Crippen LogP contribution in [-0.4, -0.2) is 13.0 Å². The van der Waals surface area contributed by atoms with Crippen LogP contribution in [0, 0.1) is 13.5 Å². The van der Waals surface area contributed by atoms with Crippen molar-refractivity contribution in [2.45, 2.75) is 11.8 Å². The van der Waals surface area contributed by atoms with E-state index in [0.717, 1.165) is 10.9 Å². The quantitative estimate of drug-likeness (QED) is 0.735. The standard InChI is InChI=1S/C18H15N3O3S/c1-12-10-13-11-15(6-9-17(13)21(3)18(12)22)20-25(23,24)16-7-4-14(19-2)5-8-16/h4-11,20H,1,3H3. The van der Waals surface area contributed by atoms with Gasteiger partial charge in [-0.1, -0.05) is 24.3 Å². The molecule has 1 aromatic heterocycles. The summed E-state index contributed by atoms with van der Waals surface area (Å²) in [7, 11) is -2.08. The highest BCUT2D eigenvalue weighted by atomic mass is 32.2. The molecule has 2 aromatic carbocycles. The first-order valence-corrected chi connectivity index (χ1v) is 8.91. The number of anilines is 1. The van der Waals surface area contributed by atoms with E-state index in [1.54, 1.807) is 38.2 Å². The molecule has 7 heteroatoms. The minimum Gasteiger partial charge on any atom is -0.311 e. The maximum Gasteiger partial charge on any atom is 0.261 e. The van der Waals surface area contributed by atoms with Crippen LogP contribution in [-0.2, 0) is 17.1 Å². The first-order chi connectivity index (χ1) is 11.8. The number of aryl methyl sites for hydroxylation is 2. The van der Waals surface area contributed by atoms with Crippen molar-refractivity contribution in [3.05, 3.63) is 75.9 Å². The van der Waals surface area contributed by atoms with E-state index in [2.05, 4.69) is 9.57 Å². The normalized spacial score (nSPS) is 11.2. The number of nitrogens with one attached hydrogen (secondary N) is 1. The van der Waals surface area contributed by atoms with Gasteiger partial charge in [0.05, 0.1) is 17.0 Å². The largest absolute Gasteiger partial charge is 0.311 e. The Hall–Kier alpha value is -3.11. The molecule has 1 N–H and O–H groups in total. The molecule has 3 aromatic rings. The molecule has 0 saturated carbocycles. The second-order valence-corrected chi connectivity index (χ2v) is 7.36. The number of pyridine rings is 1. The van der Waals surface area contributed by atoms with Crippen molar-refractivity contribution in [1.29, 1.82) is 0 Å². The number of benzene rings is 2. The average molecular weight is 353 g/mol. The lowest BCUT2D eigenvalue weighted by atomic mass is 10.1. The third-order valence-electron chi connectivity index (χ3n) is 3.93. The molecule has 0 aliphatic carbocycles. The van der Waals surface area contributed by atoms with Crippen LogP contribution in [0.2, 0.25) is 0 Å². The van der Waals surface area contributed by atoms with Crippen molar-refractivity contribution in [3.63, 3.8) is 0 Å². The van der Waals surface area contributed by atoms with Crippen LogP contribution >= 0.6 is 0 Å². The van der Waals surface area contributed by atoms with Crippen LogP contribution in [0.1, 0.15) is 5.56 Å². The average Bonchev–Trinajstić information content (AvgIpc) is 2.59. The fourth-order valence-corrected chi connectivity index (χ4v) is 3.67. The molecule has 3 rings (SSSR count). The van der Waals surface area contributed by atoms with Crippen molar-refractivity contribution in [3.8, 4) is 0 Å². The molecule has 0 saturated heterocycles. The second-order valence-electron chi connectivity index (χ2n) is 5.68. The third-order valence-corrected chi connectivity index (χ3v) is 5.33. The number of hydrogen-bond donors (Lipinski definition) is 1. The number of aromatic nitrogens is 1. The third kappa shape index (κ3) is 3.12. The Morgan fingerprint density at radius 3 is 2.40 bits per heavy atom. The van der Waals surface area contributed by atoms with Gasteiger partial charge in [-0.05, 0) is 31.2 Å². The highest BCUT2D eigenvalue weighted by molar-refractivity contribution is 7.92. The van der Waals surface area contributed by atoms with Crippen molar-refractivity contribution >= 4 is 32.3 Å². The first kappa shape index (κ1) is 16.7. The highest BCUT2D eigenvalue weighted by Crippen LogP contribution is 2.22. The SMILES string of the molecule is [C-]#[N+]c1ccc(S(=O)(=O)Nc2ccc3c(c2)cc(C)c(=O)n3C)cc1. The lowest BCUT2D eigenvalue weighted by Gasteiger charge is -2.11. The number of nitrogens with zero attached hydrogens (tertiary/aromatic N) is 2. The van der Waals surface area contributed by atoms with E-state index in [-0.39, 0.29) is 10.5 Å². The van der Waals surface area contributed by atoms with Gasteiger partial charge in [0.1, 0.15) is 0 Å². The molecule has 6 nitrogen and oxygen atoms in total. The molecule has 0 aliphatic rings. The Balaban J connectivity index is 2.00. The highest BCUT2D eigenvalue weighted by Gasteiger charge is 2.14. The van der Waals surface area contributed by atoms with Gasteiger partial charge >= 0.3 is 0 Å². The topological polar surface area (TPSA) is 72.5 Å². The minimum atomic E-state index is -3.76. The van der Waals surface area contributed by atoms with Gasteiger partial charge in [0.2, 0.25) is 0 Å². The number of hydrogen-bond acceptors (Lipinski definition) is 3. The van der Waals surface area contributed by atoms with Gasteiger partial charge in [-0.25, -0.2) is 13.3 Å². The summed E-state index contributed by atoms with van der Waals surface area (Å²) in [6.45, 7) is 8.63. The van der Waals surface area contributed by atoms with Crippen LogP contribution in [0.4, 0.5) is 11.4 Å². The number of sulfonamides is 1. The van der Waals surface area contributed by atoms with E-state index >= 15 is 0 Å². The zero-order valence-electron chi connectivity index (χ0n) is 13.6. The summed E-state index contributed by atoms with van der Waals surface area (Å²) in [6, 6.07) is 12.4. The van der Waals surface area contributed by atoms with E-state index in [0.29, 0.717) is 16.9 Å². The van der Waals surface area contributed by atoms with Crippen molar-refractivity contribution in [2.24, 2.45) is 7.05 Å². The lowest BCUT2D eigenvalue weighted by Crippen LogP contribution is -2.19. The minimum absolute atomic E-state index is 0.0802. The molecular formula is C18H15N3O3S. The maximum absolute atomic E-state index is 12.5. The van der Waals surface area contributed by atoms with E-state index in [1.807, 2.05) is 0 Å². The van der Waals surface area contributed by atoms with Crippen molar-refractivity contribution in [2.75, 3.05) is 4.72 Å². The summed E-state index contributed by atoms with van der Waals surface area (Å²) in [5.41, 5.74) is 2.01. The molecular weight excluding hydrogens is 338 g/mol. The van der Waals surface area contributed by atoms with E-state index in [1.165, 1.54) is 28.8 Å². The molecule has 0 aliphatic heterocycles. The van der Waals surface area contributed by atoms with E-state index in [9.17, 15) is 13.2 Å². The summed E-state index contributed by atoms with van der Waals surface area (Å²) in [4.78, 5) is 15.3. The molecule has 0 amide bonds. The Labute approximate surface area is 145 Å². The number of rotatable bonds is 3. The summed E-state index contributed by atoms with van der Waals surface area (Å²) < 4.78 is 29.0. The van der Waals surface area contributed by atoms with Gasteiger partial charge in [0, 0.05) is 23.7 Å². The van der Waals surface area contributed by atoms with Gasteiger partial charge in [0.25, 0.3) is 15.6 Å². The van der Waals surface area contributed by atoms with Crippen LogP contribution in [0.3, 0.4) is 0 Å². The van der Waals surface area contributed by atoms with E-state index in [4.69, 9.17) is 6.57 Å². The molecule has 0 atom stereocenters. The maximum atomic E-state index is 12.5. The Morgan fingerprint density at radius 1 is 1.08 bits per heavy atom. The molecule has 0 bridgehead atoms. The van der Waals surface area contributed by atoms with Crippen LogP contribution in [0.5, 0.6) is 0 Å². The zero-order valence-corrected chi connectivity index (χ0v) is 14.5. The van der Waals surface area contributed by atoms with Crippen LogP contribution in [0.25, 0.3) is 15.7 Å². The Morgan fingerprint density at radius 2 is 1.76 bits per heavy atom. The second kappa shape index (κ2) is 6.07. The van der Waals surface area contributed by atoms with Crippen molar-refractivity contribution in [1.82, 2.24) is 4.57 Å². The monoisotopic (exact) mass is 353 g/mol. The zero-order chi connectivity index (χ0) is 18.2. The Bertz CT molecular complexity index is 1170. The van der Waals surface area contributed by atoms with Gasteiger partial charge in [-0.2, -0.15) is 0 Å². The molecule has 0 fully saturated rings. The lowest BCUT2D eigenvalue weighted by molar-refractivity contribution is 0.601. The fraction of sp³-hybridized carbons (Fsp3) is 0.111. The van der Waals surface area contributed by atoms with Gasteiger partial charge in [0.15, 0.2) is 5.69 Å². The first-order valence-electron chi connectivity index (χ1n) is 7.42. The predicted octanol–water partition coefficient (Wildman–Crippen LogP) is 3.20. The summed E-state index contributed by atoms with van der Waals surface area (Å²) in [6.07, 6.45) is 0. The molecule has 1 heterocycles. The fourth-order valence-electron chi connectivity index (χ4n) is 2.62. The smallest absolute Gasteiger partial charge is 0.261 e. The molecule has 0 spiro atoms. The van der Waals surface area contributed by atoms with Gasteiger partial charge in [-0.15, -0.1) is 0 Å². The van der Waals surface area contributed by atoms with Crippen LogP contribution in [0.15, 0.2) is 58.2 Å². The van der Waals surface area contributed by atoms with Crippen LogP contribution < -0.4 is 10.3 Å². The molecule has 25 heavy (non-hydrogen) atoms. The van der Waals surface area contributed by atoms with Gasteiger partial charge < -0.3 is 4.57 Å². The number of fused-ring (bicyclic) bond motifs is 1. The summed E-state index contributed by atoms with van der Waals surface area (Å²) in [5.74, 6) is 0. The Kier molecular flexibility index (Phi) is 4.07. The van der Waals surface area contributed by atoms with Gasteiger partial charge in [-0.3, -0.25) is 9.52 Å². The molecule has 0 unspecified atom stereocenters. The molecule has 126 valence electrons. The van der Waals surface area contributed by atoms with E-state index < -0.39 is 10.0 Å².